The van der Waals surface area contributed by atoms with Crippen LogP contribution in [0.3, 0.4) is 0 Å². The van der Waals surface area contributed by atoms with Crippen molar-refractivity contribution in [3.05, 3.63) is 298 Å². The Bertz CT molecular complexity index is 2960. The number of fused-ring (bicyclic) bond motifs is 6. The Labute approximate surface area is 430 Å². The van der Waals surface area contributed by atoms with Crippen molar-refractivity contribution in [2.45, 2.75) is 37.9 Å². The van der Waals surface area contributed by atoms with Gasteiger partial charge in [-0.3, -0.25) is 9.98 Å². The van der Waals surface area contributed by atoms with Gasteiger partial charge < -0.3 is 19.7 Å². The summed E-state index contributed by atoms with van der Waals surface area (Å²) in [5.41, 5.74) is 15.4. The third-order valence-electron chi connectivity index (χ3n) is 12.1. The van der Waals surface area contributed by atoms with Gasteiger partial charge in [0.05, 0.1) is 36.3 Å². The van der Waals surface area contributed by atoms with E-state index in [4.69, 9.17) is 15.3 Å². The van der Waals surface area contributed by atoms with Crippen molar-refractivity contribution < 1.29 is 40.6 Å². The smallest absolute Gasteiger partial charge is 0.641 e. The molecular weight excluding hydrogens is 938 g/mol. The van der Waals surface area contributed by atoms with E-state index >= 15 is 0 Å². The Kier molecular flexibility index (Phi) is 17.7. The van der Waals surface area contributed by atoms with Gasteiger partial charge >= 0.3 is 26.2 Å². The molecule has 0 fully saturated rings. The van der Waals surface area contributed by atoms with Crippen LogP contribution in [0, 0.1) is 0 Å². The molecule has 2 aliphatic carbocycles. The Balaban J connectivity index is 0.000000234. The first kappa shape index (κ1) is 50.3. The largest absolute Gasteiger partial charge is 2.00 e. The molecule has 8 aromatic carbocycles. The zero-order valence-corrected chi connectivity index (χ0v) is 41.4. The van der Waals surface area contributed by atoms with Gasteiger partial charge in [0.2, 0.25) is 0 Å². The molecular formula is C63H49N3O3Zr-2. The second-order valence-corrected chi connectivity index (χ2v) is 16.6. The molecule has 2 unspecified atom stereocenters. The van der Waals surface area contributed by atoms with Crippen molar-refractivity contribution in [1.82, 2.24) is 4.98 Å². The molecule has 0 N–H and O–H groups in total. The molecule has 0 radical (unpaired) electrons. The maximum Gasteiger partial charge on any atom is 2.00 e. The molecule has 9 aromatic rings. The van der Waals surface area contributed by atoms with E-state index in [9.17, 15) is 14.4 Å². The molecule has 2 aliphatic rings. The molecule has 11 rings (SSSR count). The molecule has 7 heteroatoms. The second kappa shape index (κ2) is 24.6. The number of hydrogen-bond donors (Lipinski definition) is 0. The SMILES string of the molecule is CC(N=C1c2ccccc2-c2ccccc21)c1cccc(C(C)[N-]C2(Cc3ccccc3)c3ccccc3-c3ccccc32)n1.O=[C-]c1ccccc1.O=[C-]c1ccccc1.O=[C-]c1ccccc1.[Zr+2]. The summed E-state index contributed by atoms with van der Waals surface area (Å²) in [5.74, 6) is 0. The summed E-state index contributed by atoms with van der Waals surface area (Å²) in [5, 5.41) is 5.72. The van der Waals surface area contributed by atoms with E-state index in [0.717, 1.165) is 23.5 Å². The van der Waals surface area contributed by atoms with Crippen molar-refractivity contribution in [3.63, 3.8) is 0 Å². The molecule has 0 amide bonds. The molecule has 2 atom stereocenters. The molecule has 6 nitrogen and oxygen atoms in total. The van der Waals surface area contributed by atoms with Crippen LogP contribution in [-0.2, 0) is 52.5 Å². The van der Waals surface area contributed by atoms with Gasteiger partial charge in [0.15, 0.2) is 0 Å². The van der Waals surface area contributed by atoms with Gasteiger partial charge in [0, 0.05) is 16.8 Å². The number of aliphatic imine (C=N–C) groups is 1. The molecule has 70 heavy (non-hydrogen) atoms. The number of rotatable bonds is 10. The van der Waals surface area contributed by atoms with E-state index in [1.165, 1.54) is 50.1 Å². The summed E-state index contributed by atoms with van der Waals surface area (Å²) in [7, 11) is 0. The molecule has 0 spiro atoms. The molecule has 0 saturated heterocycles. The molecule has 1 heterocycles. The minimum atomic E-state index is -0.519. The van der Waals surface area contributed by atoms with E-state index < -0.39 is 5.54 Å². The summed E-state index contributed by atoms with van der Waals surface area (Å²) >= 11 is 0. The van der Waals surface area contributed by atoms with Crippen LogP contribution < -0.4 is 0 Å². The summed E-state index contributed by atoms with van der Waals surface area (Å²) < 4.78 is 0. The Morgan fingerprint density at radius 2 is 0.786 bits per heavy atom. The van der Waals surface area contributed by atoms with E-state index in [0.29, 0.717) is 16.7 Å². The zero-order valence-electron chi connectivity index (χ0n) is 38.9. The van der Waals surface area contributed by atoms with E-state index in [1.54, 1.807) is 91.7 Å². The fourth-order valence-electron chi connectivity index (χ4n) is 8.81. The van der Waals surface area contributed by atoms with Crippen molar-refractivity contribution in [3.8, 4) is 22.3 Å². The predicted molar refractivity (Wildman–Crippen MR) is 278 cm³/mol. The van der Waals surface area contributed by atoms with Crippen LogP contribution >= 0.6 is 0 Å². The minimum Gasteiger partial charge on any atom is -0.641 e. The van der Waals surface area contributed by atoms with E-state index in [1.807, 2.05) is 18.2 Å². The first-order valence-electron chi connectivity index (χ1n) is 22.9. The predicted octanol–water partition coefficient (Wildman–Crippen LogP) is 13.7. The number of pyridine rings is 1. The van der Waals surface area contributed by atoms with Gasteiger partial charge in [0.1, 0.15) is 0 Å². The van der Waals surface area contributed by atoms with Crippen LogP contribution in [0.4, 0.5) is 0 Å². The molecule has 0 aliphatic heterocycles. The molecule has 0 bridgehead atoms. The monoisotopic (exact) mass is 985 g/mol. The Morgan fingerprint density at radius 3 is 1.20 bits per heavy atom. The van der Waals surface area contributed by atoms with Crippen LogP contribution in [0.5, 0.6) is 0 Å². The first-order valence-corrected chi connectivity index (χ1v) is 22.9. The molecule has 1 aromatic heterocycles. The third kappa shape index (κ3) is 11.8. The molecule has 0 saturated carbocycles. The summed E-state index contributed by atoms with van der Waals surface area (Å²) in [6.45, 7) is 4.33. The quantitative estimate of drug-likeness (QED) is 0.128. The van der Waals surface area contributed by atoms with Crippen molar-refractivity contribution in [1.29, 1.82) is 0 Å². The number of hydrogen-bond acceptors (Lipinski definition) is 5. The van der Waals surface area contributed by atoms with Crippen molar-refractivity contribution >= 4 is 24.6 Å². The van der Waals surface area contributed by atoms with E-state index in [-0.39, 0.29) is 38.3 Å². The standard InChI is InChI=1S/C42H34N3.3C7H5O.Zr/c1-28(43-41-35-21-8-6-17-31(35)32-18-7-9-22-36(32)41)39-25-14-26-40(44-39)29(2)45-42(27-30-15-4-3-5-16-30)37-23-12-10-19-33(37)34-20-11-13-24-38(34)42;3*8-6-7-4-2-1-3-5-7;/h3-26,28-29H,27H2,1-2H3;3*1-5H;/q4*-1;+2. The first-order chi connectivity index (χ1) is 33.9. The zero-order chi connectivity index (χ0) is 47.8. The number of aromatic nitrogens is 1. The summed E-state index contributed by atoms with van der Waals surface area (Å²) in [6.07, 6.45) is 6.12. The number of nitrogens with zero attached hydrogens (tertiary/aromatic N) is 3. The second-order valence-electron chi connectivity index (χ2n) is 16.6. The van der Waals surface area contributed by atoms with E-state index in [2.05, 4.69) is 159 Å². The van der Waals surface area contributed by atoms with Gasteiger partial charge in [-0.1, -0.05) is 170 Å². The topological polar surface area (TPSA) is 90.6 Å². The maximum atomic E-state index is 9.88. The number of carbonyl (C=O) groups excluding carboxylic acids is 3. The van der Waals surface area contributed by atoms with Gasteiger partial charge in [-0.25, -0.2) is 0 Å². The van der Waals surface area contributed by atoms with Crippen LogP contribution in [0.25, 0.3) is 27.6 Å². The van der Waals surface area contributed by atoms with Crippen LogP contribution in [0.1, 0.15) is 81.8 Å². The normalized spacial score (nSPS) is 12.6. The molecule has 340 valence electrons. The van der Waals surface area contributed by atoms with Crippen molar-refractivity contribution in [2.75, 3.05) is 0 Å². The van der Waals surface area contributed by atoms with Crippen LogP contribution in [0.15, 0.2) is 242 Å². The maximum absolute atomic E-state index is 9.88. The average molecular weight is 987 g/mol. The summed E-state index contributed by atoms with van der Waals surface area (Å²) in [4.78, 5) is 40.1. The van der Waals surface area contributed by atoms with Gasteiger partial charge in [-0.15, -0.1) is 36.4 Å². The van der Waals surface area contributed by atoms with Gasteiger partial charge in [-0.2, -0.15) is 53.1 Å². The Hall–Kier alpha value is -7.57. The fraction of sp³-hybridized carbons (Fsp3) is 0.0952. The fourth-order valence-corrected chi connectivity index (χ4v) is 8.81. The minimum absolute atomic E-state index is 0. The average Bonchev–Trinajstić information content (AvgIpc) is 3.89. The van der Waals surface area contributed by atoms with Crippen LogP contribution in [0.2, 0.25) is 0 Å². The van der Waals surface area contributed by atoms with Crippen LogP contribution in [-0.4, -0.2) is 29.6 Å². The third-order valence-corrected chi connectivity index (χ3v) is 12.1. The van der Waals surface area contributed by atoms with Gasteiger partial charge in [-0.05, 0) is 64.4 Å². The van der Waals surface area contributed by atoms with Gasteiger partial charge in [0.25, 0.3) is 0 Å². The summed E-state index contributed by atoms with van der Waals surface area (Å²) in [6, 6.07) is 78.2. The number of benzene rings is 8. The Morgan fingerprint density at radius 1 is 0.429 bits per heavy atom. The van der Waals surface area contributed by atoms with Crippen molar-refractivity contribution in [2.24, 2.45) is 4.99 Å².